The molecule has 2 fully saturated rings. The summed E-state index contributed by atoms with van der Waals surface area (Å²) in [6.45, 7) is 3.69. The minimum Gasteiger partial charge on any atom is -0.431 e. The fraction of sp³-hybridized carbons (Fsp3) is 0.700. The Hall–Kier alpha value is -1.38. The fourth-order valence-electron chi connectivity index (χ4n) is 5.96. The highest BCUT2D eigenvalue weighted by Crippen LogP contribution is 2.59. The average molecular weight is 314 g/mol. The van der Waals surface area contributed by atoms with Crippen molar-refractivity contribution in [1.29, 1.82) is 0 Å². The Bertz CT molecular complexity index is 614. The van der Waals surface area contributed by atoms with E-state index in [1.807, 2.05) is 0 Å². The van der Waals surface area contributed by atoms with E-state index in [0.29, 0.717) is 29.5 Å². The predicted octanol–water partition coefficient (Wildman–Crippen LogP) is 4.19. The third-order valence-electron chi connectivity index (χ3n) is 7.08. The topological polar surface area (TPSA) is 43.4 Å². The van der Waals surface area contributed by atoms with Gasteiger partial charge in [0.25, 0.3) is 0 Å². The summed E-state index contributed by atoms with van der Waals surface area (Å²) in [5.74, 6) is 3.71. The average Bonchev–Trinajstić information content (AvgIpc) is 2.82. The highest BCUT2D eigenvalue weighted by atomic mass is 16.5. The van der Waals surface area contributed by atoms with Crippen molar-refractivity contribution >= 4 is 11.8 Å². The van der Waals surface area contributed by atoms with E-state index in [1.54, 1.807) is 0 Å². The normalized spacial score (nSPS) is 42.1. The van der Waals surface area contributed by atoms with E-state index < -0.39 is 0 Å². The lowest BCUT2D eigenvalue weighted by molar-refractivity contribution is -0.137. The second-order valence-corrected chi connectivity index (χ2v) is 8.14. The van der Waals surface area contributed by atoms with E-state index in [1.165, 1.54) is 18.9 Å². The van der Waals surface area contributed by atoms with Gasteiger partial charge >= 0.3 is 5.97 Å². The Morgan fingerprint density at radius 3 is 2.83 bits per heavy atom. The molecule has 0 aromatic carbocycles. The van der Waals surface area contributed by atoms with E-state index in [4.69, 9.17) is 4.74 Å². The van der Waals surface area contributed by atoms with Crippen LogP contribution in [0.15, 0.2) is 23.5 Å². The van der Waals surface area contributed by atoms with Gasteiger partial charge in [0.2, 0.25) is 0 Å². The fourth-order valence-corrected chi connectivity index (χ4v) is 5.96. The van der Waals surface area contributed by atoms with Gasteiger partial charge < -0.3 is 4.74 Å². The molecule has 2 saturated carbocycles. The van der Waals surface area contributed by atoms with E-state index >= 15 is 0 Å². The van der Waals surface area contributed by atoms with Crippen LogP contribution in [0.1, 0.15) is 58.8 Å². The molecule has 3 nitrogen and oxygen atoms in total. The second kappa shape index (κ2) is 5.32. The number of ether oxygens (including phenoxy) is 1. The van der Waals surface area contributed by atoms with Crippen molar-refractivity contribution in [1.82, 2.24) is 0 Å². The lowest BCUT2D eigenvalue weighted by Gasteiger charge is -2.50. The molecule has 4 rings (SSSR count). The molecule has 4 aliphatic carbocycles. The van der Waals surface area contributed by atoms with Gasteiger partial charge in [0.15, 0.2) is 0 Å². The van der Waals surface area contributed by atoms with Crippen LogP contribution in [0, 0.1) is 29.1 Å². The van der Waals surface area contributed by atoms with Gasteiger partial charge in [-0.3, -0.25) is 9.59 Å². The lowest BCUT2D eigenvalue weighted by atomic mass is 9.53. The maximum atomic E-state index is 12.4. The first-order chi connectivity index (χ1) is 11.0. The van der Waals surface area contributed by atoms with E-state index in [-0.39, 0.29) is 11.4 Å². The van der Waals surface area contributed by atoms with Crippen molar-refractivity contribution in [3.05, 3.63) is 23.5 Å². The Labute approximate surface area is 138 Å². The number of esters is 1. The molecule has 3 heteroatoms. The summed E-state index contributed by atoms with van der Waals surface area (Å²) in [6.07, 6.45) is 11.7. The molecule has 0 heterocycles. The zero-order valence-corrected chi connectivity index (χ0v) is 14.1. The number of ketones is 1. The Kier molecular flexibility index (Phi) is 3.51. The van der Waals surface area contributed by atoms with E-state index in [9.17, 15) is 9.59 Å². The Balaban J connectivity index is 1.60. The molecule has 5 unspecified atom stereocenters. The summed E-state index contributed by atoms with van der Waals surface area (Å²) in [6, 6.07) is 0. The van der Waals surface area contributed by atoms with Gasteiger partial charge in [-0.25, -0.2) is 0 Å². The number of fused-ring (bicyclic) bond motifs is 5. The van der Waals surface area contributed by atoms with Gasteiger partial charge in [-0.1, -0.05) is 13.0 Å². The molecule has 0 aromatic heterocycles. The minimum atomic E-state index is -0.220. The maximum absolute atomic E-state index is 12.4. The molecule has 0 aromatic rings. The van der Waals surface area contributed by atoms with Crippen molar-refractivity contribution in [3.63, 3.8) is 0 Å². The van der Waals surface area contributed by atoms with Crippen LogP contribution in [0.3, 0.4) is 0 Å². The zero-order chi connectivity index (χ0) is 16.2. The first-order valence-electron chi connectivity index (χ1n) is 9.11. The van der Waals surface area contributed by atoms with Gasteiger partial charge in [0.1, 0.15) is 11.5 Å². The molecule has 0 saturated heterocycles. The molecule has 0 spiro atoms. The molecule has 5 atom stereocenters. The minimum absolute atomic E-state index is 0.0417. The zero-order valence-electron chi connectivity index (χ0n) is 14.1. The smallest absolute Gasteiger partial charge is 0.307 e. The standard InChI is InChI=1S/C20H26O3/c1-12(21)23-14-4-6-15-13(11-14)3-5-17-16(15)9-10-20(2)18(17)7-8-19(20)22/h3,11,15-18H,4-10H2,1-2H3. The summed E-state index contributed by atoms with van der Waals surface area (Å²) in [5.41, 5.74) is 1.33. The molecule has 0 N–H and O–H groups in total. The molecule has 124 valence electrons. The van der Waals surface area contributed by atoms with Crippen LogP contribution < -0.4 is 0 Å². The van der Waals surface area contributed by atoms with Crippen LogP contribution in [0.5, 0.6) is 0 Å². The third kappa shape index (κ3) is 2.31. The van der Waals surface area contributed by atoms with E-state index in [0.717, 1.165) is 44.3 Å². The van der Waals surface area contributed by atoms with Crippen LogP contribution in [0.25, 0.3) is 0 Å². The Morgan fingerprint density at radius 2 is 2.04 bits per heavy atom. The number of hydrogen-bond donors (Lipinski definition) is 0. The summed E-state index contributed by atoms with van der Waals surface area (Å²) >= 11 is 0. The first kappa shape index (κ1) is 15.2. The highest BCUT2D eigenvalue weighted by Gasteiger charge is 2.55. The van der Waals surface area contributed by atoms with Crippen LogP contribution in [0.2, 0.25) is 0 Å². The second-order valence-electron chi connectivity index (χ2n) is 8.14. The number of allylic oxidation sites excluding steroid dienone is 4. The molecule has 0 bridgehead atoms. The molecule has 23 heavy (non-hydrogen) atoms. The summed E-state index contributed by atoms with van der Waals surface area (Å²) in [7, 11) is 0. The van der Waals surface area contributed by atoms with Gasteiger partial charge in [-0.05, 0) is 67.4 Å². The van der Waals surface area contributed by atoms with Gasteiger partial charge in [-0.2, -0.15) is 0 Å². The molecule has 0 amide bonds. The first-order valence-corrected chi connectivity index (χ1v) is 9.11. The van der Waals surface area contributed by atoms with Gasteiger partial charge in [-0.15, -0.1) is 0 Å². The number of carbonyl (C=O) groups is 2. The number of carbonyl (C=O) groups excluding carboxylic acids is 2. The number of Topliss-reactive ketones (excluding diaryl/α,β-unsaturated/α-hetero) is 1. The molecule has 0 aliphatic heterocycles. The highest BCUT2D eigenvalue weighted by molar-refractivity contribution is 5.87. The van der Waals surface area contributed by atoms with Crippen molar-refractivity contribution in [2.45, 2.75) is 58.8 Å². The van der Waals surface area contributed by atoms with Crippen molar-refractivity contribution in [2.75, 3.05) is 0 Å². The molecular weight excluding hydrogens is 288 g/mol. The monoisotopic (exact) mass is 314 g/mol. The van der Waals surface area contributed by atoms with Crippen molar-refractivity contribution in [3.8, 4) is 0 Å². The maximum Gasteiger partial charge on any atom is 0.307 e. The quantitative estimate of drug-likeness (QED) is 0.682. The van der Waals surface area contributed by atoms with Gasteiger partial charge in [0, 0.05) is 25.2 Å². The predicted molar refractivity (Wildman–Crippen MR) is 87.3 cm³/mol. The van der Waals surface area contributed by atoms with Gasteiger partial charge in [0.05, 0.1) is 0 Å². The number of hydrogen-bond acceptors (Lipinski definition) is 3. The molecule has 0 radical (unpaired) electrons. The van der Waals surface area contributed by atoms with E-state index in [2.05, 4.69) is 19.1 Å². The molecule has 4 aliphatic rings. The summed E-state index contributed by atoms with van der Waals surface area (Å²) in [4.78, 5) is 23.5. The number of rotatable bonds is 1. The van der Waals surface area contributed by atoms with Crippen LogP contribution in [-0.4, -0.2) is 11.8 Å². The molecular formula is C20H26O3. The van der Waals surface area contributed by atoms with Crippen molar-refractivity contribution in [2.24, 2.45) is 29.1 Å². The summed E-state index contributed by atoms with van der Waals surface area (Å²) in [5, 5.41) is 0. The lowest BCUT2D eigenvalue weighted by Crippen LogP contribution is -2.45. The van der Waals surface area contributed by atoms with Crippen molar-refractivity contribution < 1.29 is 14.3 Å². The largest absolute Gasteiger partial charge is 0.431 e. The van der Waals surface area contributed by atoms with Crippen LogP contribution >= 0.6 is 0 Å². The SMILES string of the molecule is CC(=O)OC1=CC2=CCC3C(CCC4(C)C(=O)CCC34)C2CC1. The summed E-state index contributed by atoms with van der Waals surface area (Å²) < 4.78 is 5.31. The van der Waals surface area contributed by atoms with Crippen LogP contribution in [-0.2, 0) is 14.3 Å². The van der Waals surface area contributed by atoms with Crippen LogP contribution in [0.4, 0.5) is 0 Å². The third-order valence-corrected chi connectivity index (χ3v) is 7.08. The Morgan fingerprint density at radius 1 is 1.22 bits per heavy atom.